The van der Waals surface area contributed by atoms with Crippen LogP contribution in [0.3, 0.4) is 0 Å². The minimum atomic E-state index is -0.120. The molecule has 0 bridgehead atoms. The van der Waals surface area contributed by atoms with Crippen molar-refractivity contribution in [3.63, 3.8) is 0 Å². The van der Waals surface area contributed by atoms with E-state index in [4.69, 9.17) is 4.74 Å². The van der Waals surface area contributed by atoms with E-state index in [9.17, 15) is 4.79 Å². The molecule has 1 saturated heterocycles. The van der Waals surface area contributed by atoms with Gasteiger partial charge in [0.15, 0.2) is 6.54 Å². The van der Waals surface area contributed by atoms with Crippen LogP contribution in [0.5, 0.6) is 0 Å². The highest BCUT2D eigenvalue weighted by molar-refractivity contribution is 5.78. The third-order valence-electron chi connectivity index (χ3n) is 4.60. The summed E-state index contributed by atoms with van der Waals surface area (Å²) in [4.78, 5) is 14.0. The first-order valence-corrected chi connectivity index (χ1v) is 9.00. The molecule has 0 aliphatic carbocycles. The molecule has 0 aromatic heterocycles. The summed E-state index contributed by atoms with van der Waals surface area (Å²) >= 11 is 0. The number of nitrogens with one attached hydrogen (secondary N) is 2. The fourth-order valence-electron chi connectivity index (χ4n) is 3.62. The molecule has 1 aliphatic rings. The van der Waals surface area contributed by atoms with Gasteiger partial charge in [-0.1, -0.05) is 60.7 Å². The maximum Gasteiger partial charge on any atom is 0.275 e. The molecule has 132 valence electrons. The number of rotatable bonds is 5. The summed E-state index contributed by atoms with van der Waals surface area (Å²) in [6.45, 7) is 6.38. The minimum Gasteiger partial charge on any atom is -0.364 e. The molecule has 1 fully saturated rings. The second-order valence-electron chi connectivity index (χ2n) is 6.91. The summed E-state index contributed by atoms with van der Waals surface area (Å²) in [6.07, 6.45) is 0.399. The smallest absolute Gasteiger partial charge is 0.275 e. The zero-order valence-electron chi connectivity index (χ0n) is 14.9. The zero-order valence-corrected chi connectivity index (χ0v) is 14.9. The lowest BCUT2D eigenvalue weighted by molar-refractivity contribution is -0.907. The number of hydrogen-bond acceptors (Lipinski definition) is 2. The van der Waals surface area contributed by atoms with Crippen LogP contribution in [0.25, 0.3) is 0 Å². The average Bonchev–Trinajstić information content (AvgIpc) is 2.60. The molecule has 2 N–H and O–H groups in total. The molecule has 0 spiro atoms. The van der Waals surface area contributed by atoms with Crippen molar-refractivity contribution in [2.24, 2.45) is 0 Å². The number of benzene rings is 2. The molecule has 3 rings (SSSR count). The first-order chi connectivity index (χ1) is 12.1. The topological polar surface area (TPSA) is 42.8 Å². The highest BCUT2D eigenvalue weighted by Crippen LogP contribution is 2.21. The van der Waals surface area contributed by atoms with Crippen molar-refractivity contribution in [2.45, 2.75) is 32.1 Å². The van der Waals surface area contributed by atoms with E-state index in [-0.39, 0.29) is 24.2 Å². The standard InChI is InChI=1S/C21H26N2O2/c1-16-13-23(14-17(2)25-16)15-20(24)22-21(18-9-5-3-6-10-18)19-11-7-4-8-12-19/h3-12,16-17,21H,13-15H2,1-2H3,(H,22,24)/p+1/t16-,17-/m1/s1. The SMILES string of the molecule is C[C@@H]1C[NH+](CC(=O)NC(c2ccccc2)c2ccccc2)C[C@@H](C)O1. The van der Waals surface area contributed by atoms with Crippen molar-refractivity contribution in [2.75, 3.05) is 19.6 Å². The van der Waals surface area contributed by atoms with Crippen LogP contribution in [0.15, 0.2) is 60.7 Å². The quantitative estimate of drug-likeness (QED) is 0.869. The molecule has 0 radical (unpaired) electrons. The van der Waals surface area contributed by atoms with Crippen molar-refractivity contribution in [1.29, 1.82) is 0 Å². The molecule has 1 aliphatic heterocycles. The Morgan fingerprint density at radius 3 is 1.96 bits per heavy atom. The maximum atomic E-state index is 12.7. The van der Waals surface area contributed by atoms with Gasteiger partial charge >= 0.3 is 0 Å². The van der Waals surface area contributed by atoms with E-state index in [2.05, 4.69) is 43.4 Å². The van der Waals surface area contributed by atoms with Gasteiger partial charge in [-0.15, -0.1) is 0 Å². The predicted molar refractivity (Wildman–Crippen MR) is 98.4 cm³/mol. The average molecular weight is 339 g/mol. The van der Waals surface area contributed by atoms with Gasteiger partial charge in [0.2, 0.25) is 0 Å². The van der Waals surface area contributed by atoms with Crippen LogP contribution in [0.1, 0.15) is 31.0 Å². The Morgan fingerprint density at radius 2 is 1.48 bits per heavy atom. The van der Waals surface area contributed by atoms with Gasteiger partial charge in [0, 0.05) is 0 Å². The van der Waals surface area contributed by atoms with Gasteiger partial charge in [0.1, 0.15) is 25.3 Å². The van der Waals surface area contributed by atoms with Gasteiger partial charge in [-0.05, 0) is 25.0 Å². The van der Waals surface area contributed by atoms with Crippen LogP contribution < -0.4 is 10.2 Å². The van der Waals surface area contributed by atoms with E-state index in [0.29, 0.717) is 6.54 Å². The van der Waals surface area contributed by atoms with Crippen LogP contribution in [-0.2, 0) is 9.53 Å². The van der Waals surface area contributed by atoms with E-state index in [1.165, 1.54) is 4.90 Å². The number of carbonyl (C=O) groups is 1. The Kier molecular flexibility index (Phi) is 5.84. The molecule has 2 aromatic carbocycles. The van der Waals surface area contributed by atoms with E-state index in [1.807, 2.05) is 36.4 Å². The lowest BCUT2D eigenvalue weighted by Crippen LogP contribution is -3.16. The highest BCUT2D eigenvalue weighted by Gasteiger charge is 2.28. The van der Waals surface area contributed by atoms with Crippen LogP contribution in [0.2, 0.25) is 0 Å². The second-order valence-corrected chi connectivity index (χ2v) is 6.91. The molecular formula is C21H27N2O2+. The molecule has 25 heavy (non-hydrogen) atoms. The number of amides is 1. The highest BCUT2D eigenvalue weighted by atomic mass is 16.5. The van der Waals surface area contributed by atoms with Crippen molar-refractivity contribution in [3.8, 4) is 0 Å². The first kappa shape index (κ1) is 17.6. The third kappa shape index (κ3) is 4.91. The number of carbonyl (C=O) groups excluding carboxylic acids is 1. The molecule has 2 atom stereocenters. The number of ether oxygens (including phenoxy) is 1. The molecule has 0 unspecified atom stereocenters. The van der Waals surface area contributed by atoms with Crippen LogP contribution >= 0.6 is 0 Å². The Balaban J connectivity index is 1.71. The van der Waals surface area contributed by atoms with Gasteiger partial charge in [-0.3, -0.25) is 4.79 Å². The first-order valence-electron chi connectivity index (χ1n) is 9.00. The van der Waals surface area contributed by atoms with Crippen molar-refractivity contribution >= 4 is 5.91 Å². The van der Waals surface area contributed by atoms with E-state index in [0.717, 1.165) is 24.2 Å². The second kappa shape index (κ2) is 8.28. The monoisotopic (exact) mass is 339 g/mol. The minimum absolute atomic E-state index is 0.0778. The maximum absolute atomic E-state index is 12.7. The lowest BCUT2D eigenvalue weighted by atomic mass is 9.98. The predicted octanol–water partition coefficient (Wildman–Crippen LogP) is 1.58. The molecule has 4 heteroatoms. The Morgan fingerprint density at radius 1 is 1.00 bits per heavy atom. The largest absolute Gasteiger partial charge is 0.364 e. The van der Waals surface area contributed by atoms with Gasteiger partial charge in [-0.25, -0.2) is 0 Å². The number of quaternary nitrogens is 1. The Bertz CT molecular complexity index is 625. The summed E-state index contributed by atoms with van der Waals surface area (Å²) in [5.41, 5.74) is 2.20. The van der Waals surface area contributed by atoms with Gasteiger partial charge in [0.25, 0.3) is 5.91 Å². The fraction of sp³-hybridized carbons (Fsp3) is 0.381. The van der Waals surface area contributed by atoms with Crippen molar-refractivity contribution < 1.29 is 14.4 Å². The normalized spacial score (nSPS) is 23.4. The van der Waals surface area contributed by atoms with Gasteiger partial charge in [-0.2, -0.15) is 0 Å². The zero-order chi connectivity index (χ0) is 17.6. The summed E-state index contributed by atoms with van der Waals surface area (Å²) in [5, 5.41) is 3.23. The van der Waals surface area contributed by atoms with Gasteiger partial charge < -0.3 is 15.0 Å². The van der Waals surface area contributed by atoms with E-state index in [1.54, 1.807) is 0 Å². The molecule has 0 saturated carbocycles. The Hall–Kier alpha value is -2.17. The van der Waals surface area contributed by atoms with Crippen LogP contribution in [-0.4, -0.2) is 37.7 Å². The van der Waals surface area contributed by atoms with E-state index >= 15 is 0 Å². The lowest BCUT2D eigenvalue weighted by Gasteiger charge is -2.32. The molecule has 1 amide bonds. The molecule has 1 heterocycles. The summed E-state index contributed by atoms with van der Waals surface area (Å²) in [5.74, 6) is 0.0778. The van der Waals surface area contributed by atoms with Crippen molar-refractivity contribution in [1.82, 2.24) is 5.32 Å². The van der Waals surface area contributed by atoms with Gasteiger partial charge in [0.05, 0.1) is 6.04 Å². The third-order valence-corrected chi connectivity index (χ3v) is 4.60. The summed E-state index contributed by atoms with van der Waals surface area (Å²) < 4.78 is 5.77. The number of morpholine rings is 1. The molecule has 4 nitrogen and oxygen atoms in total. The van der Waals surface area contributed by atoms with E-state index < -0.39 is 0 Å². The van der Waals surface area contributed by atoms with Crippen molar-refractivity contribution in [3.05, 3.63) is 71.8 Å². The fourth-order valence-corrected chi connectivity index (χ4v) is 3.62. The Labute approximate surface area is 149 Å². The molecule has 2 aromatic rings. The molecular weight excluding hydrogens is 312 g/mol. The van der Waals surface area contributed by atoms with Crippen LogP contribution in [0, 0.1) is 0 Å². The number of hydrogen-bond donors (Lipinski definition) is 2. The summed E-state index contributed by atoms with van der Waals surface area (Å²) in [6, 6.07) is 20.1. The summed E-state index contributed by atoms with van der Waals surface area (Å²) in [7, 11) is 0. The van der Waals surface area contributed by atoms with Crippen LogP contribution in [0.4, 0.5) is 0 Å².